The number of nitrogens with zero attached hydrogens (tertiary/aromatic N) is 1. The molecule has 2 N–H and O–H groups in total. The second kappa shape index (κ2) is 8.57. The van der Waals surface area contributed by atoms with E-state index in [1.165, 1.54) is 0 Å². The molecule has 6 heteroatoms. The minimum absolute atomic E-state index is 0.0214. The van der Waals surface area contributed by atoms with Crippen LogP contribution in [0, 0.1) is 0 Å². The highest BCUT2D eigenvalue weighted by Gasteiger charge is 2.25. The molecule has 2 amide bonds. The van der Waals surface area contributed by atoms with Crippen LogP contribution < -0.4 is 5.32 Å². The second-order valence-corrected chi connectivity index (χ2v) is 7.50. The zero-order chi connectivity index (χ0) is 20.2. The lowest BCUT2D eigenvalue weighted by Crippen LogP contribution is -2.44. The van der Waals surface area contributed by atoms with Crippen LogP contribution in [0.3, 0.4) is 0 Å². The summed E-state index contributed by atoms with van der Waals surface area (Å²) in [4.78, 5) is 14.8. The third-order valence-corrected chi connectivity index (χ3v) is 5.30. The first-order valence-corrected chi connectivity index (χ1v) is 10.0. The van der Waals surface area contributed by atoms with Crippen molar-refractivity contribution in [2.24, 2.45) is 0 Å². The lowest BCUT2D eigenvalue weighted by atomic mass is 10.1. The van der Waals surface area contributed by atoms with Gasteiger partial charge in [0.25, 0.3) is 0 Å². The Hall–Kier alpha value is -2.99. The van der Waals surface area contributed by atoms with Gasteiger partial charge < -0.3 is 24.5 Å². The fraction of sp³-hybridized carbons (Fsp3) is 0.348. The molecule has 1 aromatic heterocycles. The fourth-order valence-electron chi connectivity index (χ4n) is 3.67. The lowest BCUT2D eigenvalue weighted by Gasteiger charge is -2.27. The standard InChI is InChI=1S/C23H26N2O4/c1-16(22-13-17-7-3-5-11-21(17)29-22)24-23(27)25(15-19-9-6-12-28-19)14-18-8-2-4-10-20(18)26/h2-5,7-8,10-11,13,16,19,26H,6,9,12,14-15H2,1H3,(H,24,27). The molecule has 1 aliphatic rings. The van der Waals surface area contributed by atoms with Gasteiger partial charge >= 0.3 is 6.03 Å². The molecule has 0 bridgehead atoms. The molecule has 1 aliphatic heterocycles. The van der Waals surface area contributed by atoms with E-state index in [-0.39, 0.29) is 23.9 Å². The van der Waals surface area contributed by atoms with Crippen molar-refractivity contribution in [2.45, 2.75) is 38.5 Å². The third-order valence-electron chi connectivity index (χ3n) is 5.30. The van der Waals surface area contributed by atoms with Crippen molar-refractivity contribution in [3.8, 4) is 5.75 Å². The van der Waals surface area contributed by atoms with Crippen molar-refractivity contribution in [3.05, 3.63) is 65.9 Å². The summed E-state index contributed by atoms with van der Waals surface area (Å²) in [5, 5.41) is 14.2. The Kier molecular flexibility index (Phi) is 5.71. The molecular formula is C23H26N2O4. The van der Waals surface area contributed by atoms with Gasteiger partial charge in [0.1, 0.15) is 17.1 Å². The number of hydrogen-bond donors (Lipinski definition) is 2. The Morgan fingerprint density at radius 3 is 2.79 bits per heavy atom. The zero-order valence-corrected chi connectivity index (χ0v) is 16.5. The number of ether oxygens (including phenoxy) is 1. The Balaban J connectivity index is 1.49. The number of fused-ring (bicyclic) bond motifs is 1. The van der Waals surface area contributed by atoms with Crippen LogP contribution in [0.25, 0.3) is 11.0 Å². The van der Waals surface area contributed by atoms with Crippen LogP contribution in [-0.4, -0.2) is 35.3 Å². The van der Waals surface area contributed by atoms with E-state index in [4.69, 9.17) is 9.15 Å². The van der Waals surface area contributed by atoms with E-state index in [9.17, 15) is 9.90 Å². The highest BCUT2D eigenvalue weighted by atomic mass is 16.5. The number of para-hydroxylation sites is 2. The Morgan fingerprint density at radius 2 is 2.03 bits per heavy atom. The lowest BCUT2D eigenvalue weighted by molar-refractivity contribution is 0.0786. The van der Waals surface area contributed by atoms with Crippen LogP contribution in [0.15, 0.2) is 59.0 Å². The summed E-state index contributed by atoms with van der Waals surface area (Å²) in [6, 6.07) is 16.3. The fourth-order valence-corrected chi connectivity index (χ4v) is 3.67. The van der Waals surface area contributed by atoms with Crippen LogP contribution in [0.1, 0.15) is 37.1 Å². The van der Waals surface area contributed by atoms with Gasteiger partial charge in [-0.1, -0.05) is 36.4 Å². The Morgan fingerprint density at radius 1 is 1.24 bits per heavy atom. The number of nitrogens with one attached hydrogen (secondary N) is 1. The van der Waals surface area contributed by atoms with Crippen molar-refractivity contribution in [2.75, 3.05) is 13.2 Å². The Bertz CT molecular complexity index is 945. The normalized spacial score (nSPS) is 17.3. The summed E-state index contributed by atoms with van der Waals surface area (Å²) in [6.45, 7) is 3.42. The average Bonchev–Trinajstić information content (AvgIpc) is 3.38. The van der Waals surface area contributed by atoms with E-state index in [2.05, 4.69) is 5.32 Å². The van der Waals surface area contributed by atoms with E-state index in [1.54, 1.807) is 17.0 Å². The molecule has 0 aliphatic carbocycles. The van der Waals surface area contributed by atoms with Crippen LogP contribution in [0.4, 0.5) is 4.79 Å². The summed E-state index contributed by atoms with van der Waals surface area (Å²) in [5.74, 6) is 0.891. The monoisotopic (exact) mass is 394 g/mol. The molecule has 2 aromatic carbocycles. The molecule has 0 spiro atoms. The number of hydrogen-bond acceptors (Lipinski definition) is 4. The number of amides is 2. The number of urea groups is 1. The number of phenolic OH excluding ortho intramolecular Hbond substituents is 1. The summed E-state index contributed by atoms with van der Waals surface area (Å²) in [7, 11) is 0. The van der Waals surface area contributed by atoms with Gasteiger partial charge in [0.2, 0.25) is 0 Å². The maximum Gasteiger partial charge on any atom is 0.318 e. The highest BCUT2D eigenvalue weighted by Crippen LogP contribution is 2.25. The summed E-state index contributed by atoms with van der Waals surface area (Å²) in [6.07, 6.45) is 1.96. The first kappa shape index (κ1) is 19.3. The summed E-state index contributed by atoms with van der Waals surface area (Å²) in [5.41, 5.74) is 1.51. The maximum atomic E-state index is 13.1. The van der Waals surface area contributed by atoms with Crippen LogP contribution in [-0.2, 0) is 11.3 Å². The molecule has 2 heterocycles. The summed E-state index contributed by atoms with van der Waals surface area (Å²) < 4.78 is 11.6. The molecule has 29 heavy (non-hydrogen) atoms. The molecule has 1 fully saturated rings. The third kappa shape index (κ3) is 4.54. The average molecular weight is 394 g/mol. The van der Waals surface area contributed by atoms with Crippen LogP contribution >= 0.6 is 0 Å². The molecule has 0 radical (unpaired) electrons. The van der Waals surface area contributed by atoms with Crippen molar-refractivity contribution >= 4 is 17.0 Å². The minimum atomic E-state index is -0.286. The van der Waals surface area contributed by atoms with Gasteiger partial charge in [0, 0.05) is 24.1 Å². The van der Waals surface area contributed by atoms with Gasteiger partial charge in [-0.2, -0.15) is 0 Å². The van der Waals surface area contributed by atoms with E-state index < -0.39 is 0 Å². The van der Waals surface area contributed by atoms with Gasteiger partial charge in [0.05, 0.1) is 18.7 Å². The number of aromatic hydroxyl groups is 1. The van der Waals surface area contributed by atoms with Crippen molar-refractivity contribution in [1.29, 1.82) is 0 Å². The number of phenols is 1. The zero-order valence-electron chi connectivity index (χ0n) is 16.5. The predicted octanol–water partition coefficient (Wildman–Crippen LogP) is 4.59. The molecule has 152 valence electrons. The molecule has 0 saturated carbocycles. The molecule has 2 unspecified atom stereocenters. The topological polar surface area (TPSA) is 74.9 Å². The summed E-state index contributed by atoms with van der Waals surface area (Å²) >= 11 is 0. The van der Waals surface area contributed by atoms with Gasteiger partial charge in [-0.15, -0.1) is 0 Å². The number of furan rings is 1. The first-order valence-electron chi connectivity index (χ1n) is 10.0. The number of rotatable bonds is 6. The second-order valence-electron chi connectivity index (χ2n) is 7.50. The van der Waals surface area contributed by atoms with E-state index in [1.807, 2.05) is 49.4 Å². The van der Waals surface area contributed by atoms with Crippen LogP contribution in [0.2, 0.25) is 0 Å². The molecule has 6 nitrogen and oxygen atoms in total. The van der Waals surface area contributed by atoms with Gasteiger partial charge in [0.15, 0.2) is 0 Å². The van der Waals surface area contributed by atoms with E-state index in [0.29, 0.717) is 24.4 Å². The van der Waals surface area contributed by atoms with Crippen molar-refractivity contribution < 1.29 is 19.1 Å². The van der Waals surface area contributed by atoms with Crippen molar-refractivity contribution in [3.63, 3.8) is 0 Å². The SMILES string of the molecule is CC(NC(=O)N(Cc1ccccc1O)CC1CCCO1)c1cc2ccccc2o1. The smallest absolute Gasteiger partial charge is 0.318 e. The molecule has 1 saturated heterocycles. The van der Waals surface area contributed by atoms with Gasteiger partial charge in [-0.05, 0) is 38.0 Å². The number of benzene rings is 2. The highest BCUT2D eigenvalue weighted by molar-refractivity contribution is 5.78. The van der Waals surface area contributed by atoms with E-state index >= 15 is 0 Å². The number of carbonyl (C=O) groups excluding carboxylic acids is 1. The molecule has 3 aromatic rings. The van der Waals surface area contributed by atoms with Crippen LogP contribution in [0.5, 0.6) is 5.75 Å². The Labute approximate surface area is 170 Å². The number of carbonyl (C=O) groups is 1. The molecular weight excluding hydrogens is 368 g/mol. The quantitative estimate of drug-likeness (QED) is 0.641. The van der Waals surface area contributed by atoms with Crippen molar-refractivity contribution in [1.82, 2.24) is 10.2 Å². The van der Waals surface area contributed by atoms with E-state index in [0.717, 1.165) is 30.4 Å². The van der Waals surface area contributed by atoms with Gasteiger partial charge in [-0.25, -0.2) is 4.79 Å². The largest absolute Gasteiger partial charge is 0.508 e. The predicted molar refractivity (Wildman–Crippen MR) is 111 cm³/mol. The minimum Gasteiger partial charge on any atom is -0.508 e. The maximum absolute atomic E-state index is 13.1. The molecule has 4 rings (SSSR count). The first-order chi connectivity index (χ1) is 14.1. The molecule has 2 atom stereocenters. The van der Waals surface area contributed by atoms with Gasteiger partial charge in [-0.3, -0.25) is 0 Å².